The Labute approximate surface area is 114 Å². The van der Waals surface area contributed by atoms with Crippen LogP contribution in [0.1, 0.15) is 45.1 Å². The molecule has 0 aromatic heterocycles. The summed E-state index contributed by atoms with van der Waals surface area (Å²) in [6.45, 7) is 6.92. The van der Waals surface area contributed by atoms with E-state index in [0.717, 1.165) is 12.2 Å². The van der Waals surface area contributed by atoms with Crippen molar-refractivity contribution in [3.63, 3.8) is 0 Å². The molecule has 0 N–H and O–H groups in total. The standard InChI is InChI=1S/C16H22O3/c1-4-9-18-16-13(17)10-15(16)19-14-8-6-5-7-12(14)11(2)3/h5-8,11,15-16H,4,9-10H2,1-3H3. The van der Waals surface area contributed by atoms with Crippen LogP contribution in [0.15, 0.2) is 24.3 Å². The van der Waals surface area contributed by atoms with Crippen molar-refractivity contribution in [2.45, 2.75) is 51.7 Å². The van der Waals surface area contributed by atoms with Crippen LogP contribution >= 0.6 is 0 Å². The molecule has 2 unspecified atom stereocenters. The fourth-order valence-corrected chi connectivity index (χ4v) is 2.24. The highest BCUT2D eigenvalue weighted by atomic mass is 16.5. The molecule has 1 aromatic carbocycles. The third-order valence-corrected chi connectivity index (χ3v) is 3.38. The Hall–Kier alpha value is -1.35. The average molecular weight is 262 g/mol. The van der Waals surface area contributed by atoms with Crippen molar-refractivity contribution < 1.29 is 14.3 Å². The molecule has 3 heteroatoms. The Bertz CT molecular complexity index is 439. The first kappa shape index (κ1) is 14.1. The second kappa shape index (κ2) is 6.20. The normalized spacial score (nSPS) is 22.4. The largest absolute Gasteiger partial charge is 0.486 e. The van der Waals surface area contributed by atoms with E-state index in [1.165, 1.54) is 5.56 Å². The third-order valence-electron chi connectivity index (χ3n) is 3.38. The maximum absolute atomic E-state index is 11.6. The van der Waals surface area contributed by atoms with Gasteiger partial charge in [-0.25, -0.2) is 0 Å². The van der Waals surface area contributed by atoms with Crippen molar-refractivity contribution >= 4 is 5.78 Å². The number of ketones is 1. The lowest BCUT2D eigenvalue weighted by atomic mass is 9.89. The SMILES string of the molecule is CCCOC1C(=O)CC1Oc1ccccc1C(C)C. The van der Waals surface area contributed by atoms with Crippen LogP contribution in [-0.4, -0.2) is 24.6 Å². The van der Waals surface area contributed by atoms with Crippen molar-refractivity contribution in [2.24, 2.45) is 0 Å². The van der Waals surface area contributed by atoms with Crippen LogP contribution in [0.25, 0.3) is 0 Å². The van der Waals surface area contributed by atoms with Gasteiger partial charge in [-0.15, -0.1) is 0 Å². The smallest absolute Gasteiger partial charge is 0.169 e. The molecular weight excluding hydrogens is 240 g/mol. The summed E-state index contributed by atoms with van der Waals surface area (Å²) in [5.74, 6) is 1.43. The molecule has 1 aromatic rings. The Morgan fingerprint density at radius 3 is 2.68 bits per heavy atom. The molecule has 1 aliphatic carbocycles. The first-order valence-corrected chi connectivity index (χ1v) is 7.03. The van der Waals surface area contributed by atoms with Gasteiger partial charge in [0.05, 0.1) is 0 Å². The first-order chi connectivity index (χ1) is 9.13. The van der Waals surface area contributed by atoms with Gasteiger partial charge in [0.25, 0.3) is 0 Å². The monoisotopic (exact) mass is 262 g/mol. The zero-order valence-electron chi connectivity index (χ0n) is 11.9. The molecule has 0 radical (unpaired) electrons. The number of rotatable bonds is 6. The summed E-state index contributed by atoms with van der Waals surface area (Å²) in [6, 6.07) is 8.01. The second-order valence-corrected chi connectivity index (χ2v) is 5.31. The van der Waals surface area contributed by atoms with Crippen molar-refractivity contribution in [2.75, 3.05) is 6.61 Å². The molecule has 1 fully saturated rings. The number of para-hydroxylation sites is 1. The van der Waals surface area contributed by atoms with Crippen LogP contribution in [0.3, 0.4) is 0 Å². The minimum Gasteiger partial charge on any atom is -0.486 e. The number of hydrogen-bond acceptors (Lipinski definition) is 3. The average Bonchev–Trinajstić information content (AvgIpc) is 2.39. The van der Waals surface area contributed by atoms with E-state index in [0.29, 0.717) is 18.9 Å². The van der Waals surface area contributed by atoms with Crippen LogP contribution in [0, 0.1) is 0 Å². The zero-order valence-corrected chi connectivity index (χ0v) is 11.9. The molecule has 0 spiro atoms. The molecule has 2 rings (SSSR count). The highest BCUT2D eigenvalue weighted by Crippen LogP contribution is 2.31. The van der Waals surface area contributed by atoms with Crippen molar-refractivity contribution in [3.05, 3.63) is 29.8 Å². The van der Waals surface area contributed by atoms with Crippen LogP contribution in [-0.2, 0) is 9.53 Å². The second-order valence-electron chi connectivity index (χ2n) is 5.31. The van der Waals surface area contributed by atoms with E-state index in [1.807, 2.05) is 25.1 Å². The summed E-state index contributed by atoms with van der Waals surface area (Å²) in [5.41, 5.74) is 1.18. The summed E-state index contributed by atoms with van der Waals surface area (Å²) in [4.78, 5) is 11.6. The molecule has 0 aliphatic heterocycles. The quantitative estimate of drug-likeness (QED) is 0.789. The molecule has 19 heavy (non-hydrogen) atoms. The van der Waals surface area contributed by atoms with Gasteiger partial charge in [-0.2, -0.15) is 0 Å². The number of hydrogen-bond donors (Lipinski definition) is 0. The van der Waals surface area contributed by atoms with Gasteiger partial charge >= 0.3 is 0 Å². The van der Waals surface area contributed by atoms with Crippen molar-refractivity contribution in [1.82, 2.24) is 0 Å². The highest BCUT2D eigenvalue weighted by Gasteiger charge is 2.42. The Kier molecular flexibility index (Phi) is 4.59. The van der Waals surface area contributed by atoms with E-state index >= 15 is 0 Å². The van der Waals surface area contributed by atoms with Crippen molar-refractivity contribution in [3.8, 4) is 5.75 Å². The number of ether oxygens (including phenoxy) is 2. The third kappa shape index (κ3) is 3.16. The van der Waals surface area contributed by atoms with Crippen LogP contribution in [0.4, 0.5) is 0 Å². The lowest BCUT2D eigenvalue weighted by molar-refractivity contribution is -0.154. The van der Waals surface area contributed by atoms with E-state index in [9.17, 15) is 4.79 Å². The lowest BCUT2D eigenvalue weighted by Crippen LogP contribution is -2.52. The number of Topliss-reactive ketones (excluding diaryl/α,β-unsaturated/α-hetero) is 1. The molecular formula is C16H22O3. The van der Waals surface area contributed by atoms with Crippen LogP contribution in [0.2, 0.25) is 0 Å². The number of benzene rings is 1. The van der Waals surface area contributed by atoms with E-state index < -0.39 is 0 Å². The number of carbonyl (C=O) groups is 1. The minimum atomic E-state index is -0.375. The van der Waals surface area contributed by atoms with Gasteiger partial charge in [0.15, 0.2) is 11.9 Å². The maximum atomic E-state index is 11.6. The summed E-state index contributed by atoms with van der Waals surface area (Å²) in [5, 5.41) is 0. The zero-order chi connectivity index (χ0) is 13.8. The van der Waals surface area contributed by atoms with Gasteiger partial charge in [0.2, 0.25) is 0 Å². The molecule has 2 atom stereocenters. The van der Waals surface area contributed by atoms with E-state index in [2.05, 4.69) is 19.9 Å². The van der Waals surface area contributed by atoms with Gasteiger partial charge < -0.3 is 9.47 Å². The predicted octanol–water partition coefficient (Wildman–Crippen LogP) is 3.33. The van der Waals surface area contributed by atoms with E-state index in [-0.39, 0.29) is 18.0 Å². The molecule has 0 heterocycles. The van der Waals surface area contributed by atoms with Crippen LogP contribution in [0.5, 0.6) is 5.75 Å². The molecule has 104 valence electrons. The topological polar surface area (TPSA) is 35.5 Å². The van der Waals surface area contributed by atoms with Gasteiger partial charge in [-0.3, -0.25) is 4.79 Å². The summed E-state index contributed by atoms with van der Waals surface area (Å²) in [7, 11) is 0. The molecule has 0 amide bonds. The van der Waals surface area contributed by atoms with Gasteiger partial charge in [0, 0.05) is 13.0 Å². The molecule has 3 nitrogen and oxygen atoms in total. The molecule has 0 bridgehead atoms. The fraction of sp³-hybridized carbons (Fsp3) is 0.562. The van der Waals surface area contributed by atoms with E-state index in [4.69, 9.17) is 9.47 Å². The predicted molar refractivity (Wildman–Crippen MR) is 74.6 cm³/mol. The highest BCUT2D eigenvalue weighted by molar-refractivity contribution is 5.90. The van der Waals surface area contributed by atoms with E-state index in [1.54, 1.807) is 0 Å². The van der Waals surface area contributed by atoms with Crippen molar-refractivity contribution in [1.29, 1.82) is 0 Å². The van der Waals surface area contributed by atoms with Gasteiger partial charge in [-0.1, -0.05) is 39.0 Å². The summed E-state index contributed by atoms with van der Waals surface area (Å²) in [6.07, 6.45) is 0.874. The van der Waals surface area contributed by atoms with Gasteiger partial charge in [-0.05, 0) is 24.0 Å². The Morgan fingerprint density at radius 2 is 2.05 bits per heavy atom. The maximum Gasteiger partial charge on any atom is 0.169 e. The molecule has 0 saturated heterocycles. The Morgan fingerprint density at radius 1 is 1.32 bits per heavy atom. The first-order valence-electron chi connectivity index (χ1n) is 7.03. The summed E-state index contributed by atoms with van der Waals surface area (Å²) >= 11 is 0. The lowest BCUT2D eigenvalue weighted by Gasteiger charge is -2.35. The minimum absolute atomic E-state index is 0.126. The number of carbonyl (C=O) groups excluding carboxylic acids is 1. The molecule has 1 saturated carbocycles. The van der Waals surface area contributed by atoms with Gasteiger partial charge in [0.1, 0.15) is 11.9 Å². The molecule has 1 aliphatic rings. The summed E-state index contributed by atoms with van der Waals surface area (Å²) < 4.78 is 11.5. The fourth-order valence-electron chi connectivity index (χ4n) is 2.24. The van der Waals surface area contributed by atoms with Crippen LogP contribution < -0.4 is 4.74 Å². The Balaban J connectivity index is 2.03.